The van der Waals surface area contributed by atoms with Crippen LogP contribution in [0, 0.1) is 17.2 Å². The summed E-state index contributed by atoms with van der Waals surface area (Å²) in [6.07, 6.45) is 2.24. The molecule has 1 atom stereocenters. The van der Waals surface area contributed by atoms with Crippen LogP contribution in [0.25, 0.3) is 0 Å². The van der Waals surface area contributed by atoms with Crippen LogP contribution in [0.1, 0.15) is 55.6 Å². The Balaban J connectivity index is 1.75. The van der Waals surface area contributed by atoms with Crippen LogP contribution < -0.4 is 16.6 Å². The van der Waals surface area contributed by atoms with Crippen molar-refractivity contribution >= 4 is 5.91 Å². The maximum atomic E-state index is 12.6. The first-order chi connectivity index (χ1) is 13.8. The van der Waals surface area contributed by atoms with Gasteiger partial charge in [-0.15, -0.1) is 0 Å². The first-order valence-corrected chi connectivity index (χ1v) is 9.96. The molecule has 0 bridgehead atoms. The number of carbonyl (C=O) groups is 1. The number of hydrogen-bond donors (Lipinski definition) is 1. The molecule has 1 aliphatic heterocycles. The highest BCUT2D eigenvalue weighted by molar-refractivity contribution is 5.76. The number of hydrogen-bond acceptors (Lipinski definition) is 4. The lowest BCUT2D eigenvalue weighted by atomic mass is 10.00. The van der Waals surface area contributed by atoms with E-state index in [1.54, 1.807) is 0 Å². The number of carbonyl (C=O) groups excluding carboxylic acids is 1. The summed E-state index contributed by atoms with van der Waals surface area (Å²) in [6, 6.07) is 9.69. The zero-order valence-corrected chi connectivity index (χ0v) is 17.1. The molecule has 2 aromatic rings. The summed E-state index contributed by atoms with van der Waals surface area (Å²) in [4.78, 5) is 37.7. The molecule has 0 spiro atoms. The van der Waals surface area contributed by atoms with Gasteiger partial charge in [0.05, 0.1) is 6.04 Å². The molecule has 7 nitrogen and oxygen atoms in total. The summed E-state index contributed by atoms with van der Waals surface area (Å²) in [5.41, 5.74) is 1.41. The van der Waals surface area contributed by atoms with Gasteiger partial charge in [-0.05, 0) is 43.2 Å². The fourth-order valence-electron chi connectivity index (χ4n) is 3.82. The Morgan fingerprint density at radius 2 is 1.90 bits per heavy atom. The molecule has 29 heavy (non-hydrogen) atoms. The van der Waals surface area contributed by atoms with Gasteiger partial charge in [0, 0.05) is 12.2 Å². The fraction of sp³-hybridized carbons (Fsp3) is 0.455. The third kappa shape index (κ3) is 4.32. The average Bonchev–Trinajstić information content (AvgIpc) is 3.15. The van der Waals surface area contributed by atoms with Crippen molar-refractivity contribution in [1.29, 1.82) is 5.26 Å². The Morgan fingerprint density at radius 3 is 2.52 bits per heavy atom. The highest BCUT2D eigenvalue weighted by Crippen LogP contribution is 2.16. The molecule has 1 amide bonds. The second-order valence-electron chi connectivity index (χ2n) is 7.99. The maximum Gasteiger partial charge on any atom is 0.331 e. The van der Waals surface area contributed by atoms with E-state index in [1.807, 2.05) is 25.1 Å². The van der Waals surface area contributed by atoms with Gasteiger partial charge < -0.3 is 5.32 Å². The molecule has 1 N–H and O–H groups in total. The van der Waals surface area contributed by atoms with Crippen LogP contribution in [-0.2, 0) is 30.7 Å². The van der Waals surface area contributed by atoms with E-state index in [1.165, 1.54) is 10.1 Å². The van der Waals surface area contributed by atoms with E-state index < -0.39 is 23.7 Å². The molecule has 0 radical (unpaired) electrons. The van der Waals surface area contributed by atoms with Crippen LogP contribution in [0.2, 0.25) is 0 Å². The summed E-state index contributed by atoms with van der Waals surface area (Å²) >= 11 is 0. The minimum Gasteiger partial charge on any atom is -0.348 e. The molecule has 1 aliphatic rings. The standard InChI is InChI=1S/C22H26N4O3/c1-14(2)11-16-6-8-17(9-7-16)15(3)24-20(27)13-26-21(28)18(12-23)19-5-4-10-25(19)22(26)29/h6-9,14-15H,4-5,10-11,13H2,1-3H3,(H,24,27)/t15-/m1/s1. The lowest BCUT2D eigenvalue weighted by Gasteiger charge is -2.16. The van der Waals surface area contributed by atoms with Gasteiger partial charge >= 0.3 is 5.69 Å². The van der Waals surface area contributed by atoms with Gasteiger partial charge in [-0.3, -0.25) is 14.2 Å². The van der Waals surface area contributed by atoms with Crippen molar-refractivity contribution < 1.29 is 4.79 Å². The summed E-state index contributed by atoms with van der Waals surface area (Å²) in [7, 11) is 0. The third-order valence-corrected chi connectivity index (χ3v) is 5.25. The predicted molar refractivity (Wildman–Crippen MR) is 110 cm³/mol. The minimum absolute atomic E-state index is 0.0383. The predicted octanol–water partition coefficient (Wildman–Crippen LogP) is 1.90. The Labute approximate surface area is 169 Å². The first kappa shape index (κ1) is 20.6. The normalized spacial score (nSPS) is 13.8. The third-order valence-electron chi connectivity index (χ3n) is 5.25. The molecule has 0 saturated carbocycles. The van der Waals surface area contributed by atoms with Gasteiger partial charge in [0.2, 0.25) is 5.91 Å². The number of nitrogens with zero attached hydrogens (tertiary/aromatic N) is 3. The number of fused-ring (bicyclic) bond motifs is 1. The molecule has 0 saturated heterocycles. The number of benzene rings is 1. The molecule has 2 heterocycles. The maximum absolute atomic E-state index is 12.6. The van der Waals surface area contributed by atoms with Crippen LogP contribution in [-0.4, -0.2) is 15.0 Å². The van der Waals surface area contributed by atoms with E-state index in [0.717, 1.165) is 16.6 Å². The molecular formula is C22H26N4O3. The van der Waals surface area contributed by atoms with E-state index in [4.69, 9.17) is 0 Å². The molecule has 3 rings (SSSR count). The number of nitriles is 1. The van der Waals surface area contributed by atoms with Crippen molar-refractivity contribution in [2.75, 3.05) is 0 Å². The lowest BCUT2D eigenvalue weighted by Crippen LogP contribution is -2.45. The van der Waals surface area contributed by atoms with Crippen molar-refractivity contribution in [1.82, 2.24) is 14.5 Å². The number of rotatable bonds is 6. The number of aromatic nitrogens is 2. The van der Waals surface area contributed by atoms with Crippen molar-refractivity contribution in [2.24, 2.45) is 5.92 Å². The molecule has 1 aromatic carbocycles. The van der Waals surface area contributed by atoms with Crippen LogP contribution >= 0.6 is 0 Å². The first-order valence-electron chi connectivity index (χ1n) is 9.96. The molecule has 7 heteroatoms. The van der Waals surface area contributed by atoms with Crippen LogP contribution in [0.4, 0.5) is 0 Å². The molecule has 1 aromatic heterocycles. The SMILES string of the molecule is CC(C)Cc1ccc([C@@H](C)NC(=O)Cn2c(=O)c(C#N)c3n(c2=O)CCC3)cc1. The minimum atomic E-state index is -0.688. The quantitative estimate of drug-likeness (QED) is 0.809. The largest absolute Gasteiger partial charge is 0.348 e. The Hall–Kier alpha value is -3.14. The second-order valence-corrected chi connectivity index (χ2v) is 7.99. The number of nitrogens with one attached hydrogen (secondary N) is 1. The van der Waals surface area contributed by atoms with Gasteiger partial charge in [-0.25, -0.2) is 9.36 Å². The van der Waals surface area contributed by atoms with Crippen LogP contribution in [0.15, 0.2) is 33.9 Å². The molecule has 0 fully saturated rings. The van der Waals surface area contributed by atoms with Gasteiger partial charge in [0.15, 0.2) is 0 Å². The van der Waals surface area contributed by atoms with E-state index >= 15 is 0 Å². The van der Waals surface area contributed by atoms with Gasteiger partial charge in [-0.1, -0.05) is 38.1 Å². The monoisotopic (exact) mass is 394 g/mol. The van der Waals surface area contributed by atoms with E-state index in [-0.39, 0.29) is 11.6 Å². The number of amides is 1. The molecule has 152 valence electrons. The van der Waals surface area contributed by atoms with Crippen LogP contribution in [0.3, 0.4) is 0 Å². The van der Waals surface area contributed by atoms with E-state index in [9.17, 15) is 19.6 Å². The van der Waals surface area contributed by atoms with E-state index in [0.29, 0.717) is 31.0 Å². The summed E-state index contributed by atoms with van der Waals surface area (Å²) in [6.45, 7) is 6.25. The second kappa shape index (κ2) is 8.48. The Morgan fingerprint density at radius 1 is 1.21 bits per heavy atom. The average molecular weight is 394 g/mol. The van der Waals surface area contributed by atoms with Gasteiger partial charge in [0.25, 0.3) is 5.56 Å². The Bertz CT molecular complexity index is 1070. The van der Waals surface area contributed by atoms with Crippen molar-refractivity contribution in [2.45, 2.75) is 59.2 Å². The highest BCUT2D eigenvalue weighted by Gasteiger charge is 2.23. The molecule has 0 aliphatic carbocycles. The van der Waals surface area contributed by atoms with Gasteiger partial charge in [-0.2, -0.15) is 5.26 Å². The summed E-state index contributed by atoms with van der Waals surface area (Å²) in [5.74, 6) is 0.131. The van der Waals surface area contributed by atoms with Crippen molar-refractivity contribution in [3.63, 3.8) is 0 Å². The van der Waals surface area contributed by atoms with Crippen LogP contribution in [0.5, 0.6) is 0 Å². The van der Waals surface area contributed by atoms with Gasteiger partial charge in [0.1, 0.15) is 18.2 Å². The topological polar surface area (TPSA) is 96.9 Å². The highest BCUT2D eigenvalue weighted by atomic mass is 16.2. The zero-order valence-electron chi connectivity index (χ0n) is 17.1. The van der Waals surface area contributed by atoms with E-state index in [2.05, 4.69) is 31.3 Å². The molecule has 0 unspecified atom stereocenters. The molecular weight excluding hydrogens is 368 g/mol. The fourth-order valence-corrected chi connectivity index (χ4v) is 3.82. The Kier molecular flexibility index (Phi) is 6.02. The summed E-state index contributed by atoms with van der Waals surface area (Å²) < 4.78 is 2.30. The summed E-state index contributed by atoms with van der Waals surface area (Å²) in [5, 5.41) is 12.2. The smallest absolute Gasteiger partial charge is 0.331 e. The van der Waals surface area contributed by atoms with Crippen molar-refractivity contribution in [3.05, 3.63) is 67.5 Å². The van der Waals surface area contributed by atoms with Crippen molar-refractivity contribution in [3.8, 4) is 6.07 Å². The zero-order chi connectivity index (χ0) is 21.1. The lowest BCUT2D eigenvalue weighted by molar-refractivity contribution is -0.122.